The van der Waals surface area contributed by atoms with Gasteiger partial charge < -0.3 is 15.1 Å². The SMILES string of the molecule is CCN(CC(O)c1cccc(O)c1)C(=O)c1cc(C)nc2cc(F)ccc12. The van der Waals surface area contributed by atoms with Crippen LogP contribution in [-0.2, 0) is 0 Å². The number of benzene rings is 2. The number of hydrogen-bond acceptors (Lipinski definition) is 4. The van der Waals surface area contributed by atoms with Gasteiger partial charge in [0.2, 0.25) is 0 Å². The molecular formula is C21H21FN2O3. The van der Waals surface area contributed by atoms with Crippen molar-refractivity contribution in [2.45, 2.75) is 20.0 Å². The smallest absolute Gasteiger partial charge is 0.254 e. The maximum Gasteiger partial charge on any atom is 0.254 e. The number of aliphatic hydroxyl groups is 1. The van der Waals surface area contributed by atoms with E-state index in [-0.39, 0.29) is 18.2 Å². The quantitative estimate of drug-likeness (QED) is 0.722. The number of aliphatic hydroxyl groups excluding tert-OH is 1. The molecule has 0 saturated heterocycles. The van der Waals surface area contributed by atoms with E-state index in [2.05, 4.69) is 4.98 Å². The van der Waals surface area contributed by atoms with Crippen molar-refractivity contribution in [3.8, 4) is 5.75 Å². The lowest BCUT2D eigenvalue weighted by molar-refractivity contribution is 0.0636. The predicted octanol–water partition coefficient (Wildman–Crippen LogP) is 3.58. The number of phenolic OH excluding ortho intramolecular Hbond substituents is 1. The highest BCUT2D eigenvalue weighted by molar-refractivity contribution is 6.06. The van der Waals surface area contributed by atoms with Crippen molar-refractivity contribution in [2.75, 3.05) is 13.1 Å². The monoisotopic (exact) mass is 368 g/mol. The molecule has 1 amide bonds. The van der Waals surface area contributed by atoms with Gasteiger partial charge in [-0.1, -0.05) is 12.1 Å². The van der Waals surface area contributed by atoms with Gasteiger partial charge in [0, 0.05) is 23.7 Å². The molecule has 1 aromatic heterocycles. The summed E-state index contributed by atoms with van der Waals surface area (Å²) >= 11 is 0. The van der Waals surface area contributed by atoms with Gasteiger partial charge in [-0.2, -0.15) is 0 Å². The summed E-state index contributed by atoms with van der Waals surface area (Å²) in [6, 6.07) is 12.1. The molecule has 5 nitrogen and oxygen atoms in total. The first-order valence-corrected chi connectivity index (χ1v) is 8.72. The van der Waals surface area contributed by atoms with E-state index in [1.807, 2.05) is 6.92 Å². The summed E-state index contributed by atoms with van der Waals surface area (Å²) in [7, 11) is 0. The fraction of sp³-hybridized carbons (Fsp3) is 0.238. The first-order chi connectivity index (χ1) is 12.9. The van der Waals surface area contributed by atoms with Crippen molar-refractivity contribution in [3.05, 3.63) is 71.2 Å². The minimum Gasteiger partial charge on any atom is -0.508 e. The topological polar surface area (TPSA) is 73.7 Å². The Hall–Kier alpha value is -2.99. The molecule has 0 aliphatic heterocycles. The molecule has 0 bridgehead atoms. The van der Waals surface area contributed by atoms with Crippen molar-refractivity contribution in [3.63, 3.8) is 0 Å². The number of aromatic hydroxyl groups is 1. The molecule has 1 heterocycles. The zero-order chi connectivity index (χ0) is 19.6. The molecule has 2 aromatic carbocycles. The summed E-state index contributed by atoms with van der Waals surface area (Å²) in [5, 5.41) is 20.6. The van der Waals surface area contributed by atoms with Crippen LogP contribution in [0.1, 0.15) is 34.6 Å². The Morgan fingerprint density at radius 3 is 2.70 bits per heavy atom. The van der Waals surface area contributed by atoms with Crippen LogP contribution >= 0.6 is 0 Å². The zero-order valence-corrected chi connectivity index (χ0v) is 15.2. The molecule has 0 radical (unpaired) electrons. The van der Waals surface area contributed by atoms with Crippen LogP contribution in [0.2, 0.25) is 0 Å². The Labute approximate surface area is 156 Å². The third-order valence-electron chi connectivity index (χ3n) is 4.45. The van der Waals surface area contributed by atoms with Crippen molar-refractivity contribution in [2.24, 2.45) is 0 Å². The van der Waals surface area contributed by atoms with E-state index in [1.54, 1.807) is 31.2 Å². The van der Waals surface area contributed by atoms with Gasteiger partial charge in [0.15, 0.2) is 0 Å². The number of aryl methyl sites for hydroxylation is 1. The van der Waals surface area contributed by atoms with Crippen LogP contribution in [0.5, 0.6) is 5.75 Å². The molecular weight excluding hydrogens is 347 g/mol. The Morgan fingerprint density at radius 2 is 2.00 bits per heavy atom. The second-order valence-electron chi connectivity index (χ2n) is 6.43. The van der Waals surface area contributed by atoms with Gasteiger partial charge in [-0.15, -0.1) is 0 Å². The molecule has 1 unspecified atom stereocenters. The summed E-state index contributed by atoms with van der Waals surface area (Å²) < 4.78 is 13.5. The molecule has 0 aliphatic rings. The number of carbonyl (C=O) groups excluding carboxylic acids is 1. The standard InChI is InChI=1S/C21H21FN2O3/c1-3-24(12-20(26)14-5-4-6-16(25)10-14)21(27)18-9-13(2)23-19-11-15(22)7-8-17(18)19/h4-11,20,25-26H,3,12H2,1-2H3. The lowest BCUT2D eigenvalue weighted by Gasteiger charge is -2.25. The maximum absolute atomic E-state index is 13.5. The predicted molar refractivity (Wildman–Crippen MR) is 101 cm³/mol. The van der Waals surface area contributed by atoms with Gasteiger partial charge in [0.1, 0.15) is 11.6 Å². The molecule has 0 saturated carbocycles. The summed E-state index contributed by atoms with van der Waals surface area (Å²) in [4.78, 5) is 18.9. The van der Waals surface area contributed by atoms with Gasteiger partial charge in [-0.3, -0.25) is 9.78 Å². The minimum absolute atomic E-state index is 0.0544. The van der Waals surface area contributed by atoms with Crippen LogP contribution in [-0.4, -0.2) is 39.1 Å². The Bertz CT molecular complexity index is 985. The number of rotatable bonds is 5. The summed E-state index contributed by atoms with van der Waals surface area (Å²) in [6.07, 6.45) is -0.937. The van der Waals surface area contributed by atoms with Gasteiger partial charge in [0.25, 0.3) is 5.91 Å². The number of halogens is 1. The van der Waals surface area contributed by atoms with Crippen molar-refractivity contribution in [1.82, 2.24) is 9.88 Å². The number of nitrogens with zero attached hydrogens (tertiary/aromatic N) is 2. The average Bonchev–Trinajstić information content (AvgIpc) is 2.64. The second-order valence-corrected chi connectivity index (χ2v) is 6.43. The zero-order valence-electron chi connectivity index (χ0n) is 15.2. The first kappa shape index (κ1) is 18.8. The van der Waals surface area contributed by atoms with Gasteiger partial charge in [-0.05, 0) is 49.7 Å². The van der Waals surface area contributed by atoms with E-state index >= 15 is 0 Å². The van der Waals surface area contributed by atoms with Crippen molar-refractivity contribution >= 4 is 16.8 Å². The molecule has 0 fully saturated rings. The summed E-state index contributed by atoms with van der Waals surface area (Å²) in [5.41, 5.74) is 1.98. The van der Waals surface area contributed by atoms with Crippen LogP contribution in [0.4, 0.5) is 4.39 Å². The molecule has 2 N–H and O–H groups in total. The second kappa shape index (κ2) is 7.72. The molecule has 3 aromatic rings. The fourth-order valence-corrected chi connectivity index (χ4v) is 3.08. The van der Waals surface area contributed by atoms with Crippen LogP contribution in [0, 0.1) is 12.7 Å². The van der Waals surface area contributed by atoms with Crippen LogP contribution in [0.3, 0.4) is 0 Å². The molecule has 0 aliphatic carbocycles. The molecule has 3 rings (SSSR count). The third kappa shape index (κ3) is 4.06. The van der Waals surface area contributed by atoms with Crippen molar-refractivity contribution in [1.29, 1.82) is 0 Å². The largest absolute Gasteiger partial charge is 0.508 e. The van der Waals surface area contributed by atoms with Gasteiger partial charge in [0.05, 0.1) is 23.7 Å². The number of likely N-dealkylation sites (N-methyl/N-ethyl adjacent to an activating group) is 1. The number of phenols is 1. The minimum atomic E-state index is -0.937. The highest BCUT2D eigenvalue weighted by Crippen LogP contribution is 2.23. The Morgan fingerprint density at radius 1 is 1.22 bits per heavy atom. The van der Waals surface area contributed by atoms with Crippen LogP contribution in [0.15, 0.2) is 48.5 Å². The van der Waals surface area contributed by atoms with Gasteiger partial charge >= 0.3 is 0 Å². The highest BCUT2D eigenvalue weighted by atomic mass is 19.1. The maximum atomic E-state index is 13.5. The summed E-state index contributed by atoms with van der Waals surface area (Å²) in [5.74, 6) is -0.622. The molecule has 27 heavy (non-hydrogen) atoms. The number of fused-ring (bicyclic) bond motifs is 1. The molecule has 1 atom stereocenters. The highest BCUT2D eigenvalue weighted by Gasteiger charge is 2.21. The average molecular weight is 368 g/mol. The number of amides is 1. The van der Waals surface area contributed by atoms with E-state index < -0.39 is 11.9 Å². The lowest BCUT2D eigenvalue weighted by Crippen LogP contribution is -2.34. The van der Waals surface area contributed by atoms with E-state index in [0.29, 0.717) is 34.3 Å². The number of aromatic nitrogens is 1. The number of hydrogen-bond donors (Lipinski definition) is 2. The van der Waals surface area contributed by atoms with Crippen LogP contribution in [0.25, 0.3) is 10.9 Å². The van der Waals surface area contributed by atoms with Crippen molar-refractivity contribution < 1.29 is 19.4 Å². The first-order valence-electron chi connectivity index (χ1n) is 8.72. The van der Waals surface area contributed by atoms with E-state index in [1.165, 1.54) is 29.2 Å². The molecule has 6 heteroatoms. The third-order valence-corrected chi connectivity index (χ3v) is 4.45. The van der Waals surface area contributed by atoms with E-state index in [9.17, 15) is 19.4 Å². The van der Waals surface area contributed by atoms with E-state index in [0.717, 1.165) is 0 Å². The van der Waals surface area contributed by atoms with E-state index in [4.69, 9.17) is 0 Å². The lowest BCUT2D eigenvalue weighted by atomic mass is 10.0. The Balaban J connectivity index is 1.92. The normalized spacial score (nSPS) is 12.1. The van der Waals surface area contributed by atoms with Gasteiger partial charge in [-0.25, -0.2) is 4.39 Å². The van der Waals surface area contributed by atoms with Crippen LogP contribution < -0.4 is 0 Å². The summed E-state index contributed by atoms with van der Waals surface area (Å²) in [6.45, 7) is 4.03. The molecule has 140 valence electrons. The fourth-order valence-electron chi connectivity index (χ4n) is 3.08. The Kier molecular flexibility index (Phi) is 5.37. The number of carbonyl (C=O) groups is 1. The number of pyridine rings is 1. The molecule has 0 spiro atoms.